The van der Waals surface area contributed by atoms with Crippen molar-refractivity contribution in [1.29, 1.82) is 0 Å². The number of benzene rings is 1. The van der Waals surface area contributed by atoms with E-state index in [1.807, 2.05) is 0 Å². The topological polar surface area (TPSA) is 122 Å². The fraction of sp³-hybridized carbons (Fsp3) is 0. The second-order valence-electron chi connectivity index (χ2n) is 3.96. The van der Waals surface area contributed by atoms with E-state index in [0.29, 0.717) is 0 Å². The molecular weight excluding hydrogens is 278 g/mol. The summed E-state index contributed by atoms with van der Waals surface area (Å²) in [6, 6.07) is 7.90. The Morgan fingerprint density at radius 3 is 2.57 bits per heavy atom. The van der Waals surface area contributed by atoms with Crippen molar-refractivity contribution in [3.8, 4) is 0 Å². The Hall–Kier alpha value is -3.29. The van der Waals surface area contributed by atoms with E-state index >= 15 is 0 Å². The third-order valence-corrected chi connectivity index (χ3v) is 2.59. The van der Waals surface area contributed by atoms with Gasteiger partial charge in [-0.25, -0.2) is 4.79 Å². The SMILES string of the molecule is O=C(O)c1ccc(NC(=O)c2ccccn2)c([N+](=O)[O-])c1. The van der Waals surface area contributed by atoms with E-state index in [4.69, 9.17) is 5.11 Å². The number of aromatic carboxylic acids is 1. The summed E-state index contributed by atoms with van der Waals surface area (Å²) in [6.45, 7) is 0. The third kappa shape index (κ3) is 3.18. The van der Waals surface area contributed by atoms with Crippen molar-refractivity contribution in [2.24, 2.45) is 0 Å². The van der Waals surface area contributed by atoms with Crippen molar-refractivity contribution < 1.29 is 19.6 Å². The number of nitro benzene ring substituents is 1. The molecule has 106 valence electrons. The van der Waals surface area contributed by atoms with Crippen LogP contribution >= 0.6 is 0 Å². The molecule has 0 aliphatic heterocycles. The van der Waals surface area contributed by atoms with Crippen molar-refractivity contribution in [2.75, 3.05) is 5.32 Å². The van der Waals surface area contributed by atoms with Crippen LogP contribution < -0.4 is 5.32 Å². The molecule has 0 bridgehead atoms. The summed E-state index contributed by atoms with van der Waals surface area (Å²) in [5.74, 6) is -1.91. The van der Waals surface area contributed by atoms with Gasteiger partial charge in [0.25, 0.3) is 11.6 Å². The molecule has 21 heavy (non-hydrogen) atoms. The van der Waals surface area contributed by atoms with Gasteiger partial charge < -0.3 is 10.4 Å². The van der Waals surface area contributed by atoms with Crippen molar-refractivity contribution in [2.45, 2.75) is 0 Å². The average Bonchev–Trinajstić information content (AvgIpc) is 2.48. The summed E-state index contributed by atoms with van der Waals surface area (Å²) >= 11 is 0. The van der Waals surface area contributed by atoms with E-state index in [-0.39, 0.29) is 16.9 Å². The predicted molar refractivity (Wildman–Crippen MR) is 72.2 cm³/mol. The molecule has 0 saturated heterocycles. The molecule has 2 rings (SSSR count). The molecule has 0 unspecified atom stereocenters. The summed E-state index contributed by atoms with van der Waals surface area (Å²) < 4.78 is 0. The number of amides is 1. The molecule has 8 nitrogen and oxygen atoms in total. The molecule has 0 atom stereocenters. The lowest BCUT2D eigenvalue weighted by Crippen LogP contribution is -2.14. The summed E-state index contributed by atoms with van der Waals surface area (Å²) in [5, 5.41) is 22.1. The minimum atomic E-state index is -1.29. The molecule has 0 spiro atoms. The van der Waals surface area contributed by atoms with Crippen LogP contribution in [0.2, 0.25) is 0 Å². The minimum Gasteiger partial charge on any atom is -0.478 e. The van der Waals surface area contributed by atoms with Crippen LogP contribution in [0.4, 0.5) is 11.4 Å². The number of rotatable bonds is 4. The molecule has 8 heteroatoms. The zero-order valence-corrected chi connectivity index (χ0v) is 10.5. The Labute approximate surface area is 118 Å². The number of nitrogens with zero attached hydrogens (tertiary/aromatic N) is 2. The lowest BCUT2D eigenvalue weighted by Gasteiger charge is -2.06. The summed E-state index contributed by atoms with van der Waals surface area (Å²) in [4.78, 5) is 36.7. The predicted octanol–water partition coefficient (Wildman–Crippen LogP) is 1.94. The zero-order valence-electron chi connectivity index (χ0n) is 10.5. The van der Waals surface area contributed by atoms with Gasteiger partial charge in [-0.2, -0.15) is 0 Å². The van der Waals surface area contributed by atoms with E-state index in [0.717, 1.165) is 6.07 Å². The number of nitrogens with one attached hydrogen (secondary N) is 1. The van der Waals surface area contributed by atoms with E-state index in [1.165, 1.54) is 24.4 Å². The van der Waals surface area contributed by atoms with Gasteiger partial charge >= 0.3 is 5.97 Å². The van der Waals surface area contributed by atoms with Crippen molar-refractivity contribution >= 4 is 23.3 Å². The molecule has 1 aromatic heterocycles. The van der Waals surface area contributed by atoms with Crippen molar-refractivity contribution in [3.63, 3.8) is 0 Å². The van der Waals surface area contributed by atoms with Gasteiger partial charge in [-0.1, -0.05) is 6.07 Å². The van der Waals surface area contributed by atoms with Gasteiger partial charge in [-0.3, -0.25) is 19.9 Å². The largest absolute Gasteiger partial charge is 0.478 e. The number of carboxylic acids is 1. The smallest absolute Gasteiger partial charge is 0.335 e. The molecule has 0 saturated carbocycles. The van der Waals surface area contributed by atoms with Gasteiger partial charge in [0.2, 0.25) is 0 Å². The third-order valence-electron chi connectivity index (χ3n) is 2.59. The Bertz CT molecular complexity index is 715. The maximum absolute atomic E-state index is 11.9. The van der Waals surface area contributed by atoms with E-state index in [9.17, 15) is 19.7 Å². The number of carbonyl (C=O) groups excluding carboxylic acids is 1. The molecule has 1 amide bonds. The highest BCUT2D eigenvalue weighted by atomic mass is 16.6. The van der Waals surface area contributed by atoms with Gasteiger partial charge in [0.1, 0.15) is 11.4 Å². The average molecular weight is 287 g/mol. The fourth-order valence-corrected chi connectivity index (χ4v) is 1.60. The second-order valence-corrected chi connectivity index (χ2v) is 3.96. The number of carboxylic acid groups (broad SMARTS) is 1. The Morgan fingerprint density at radius 1 is 1.24 bits per heavy atom. The van der Waals surface area contributed by atoms with Crippen LogP contribution in [0.3, 0.4) is 0 Å². The number of nitro groups is 1. The number of anilines is 1. The van der Waals surface area contributed by atoms with Crippen LogP contribution in [0.5, 0.6) is 0 Å². The molecule has 2 N–H and O–H groups in total. The summed E-state index contributed by atoms with van der Waals surface area (Å²) in [5.41, 5.74) is -0.744. The summed E-state index contributed by atoms with van der Waals surface area (Å²) in [6.07, 6.45) is 1.41. The number of hydrogen-bond acceptors (Lipinski definition) is 5. The first kappa shape index (κ1) is 14.1. The first-order valence-corrected chi connectivity index (χ1v) is 5.73. The zero-order chi connectivity index (χ0) is 15.4. The van der Waals surface area contributed by atoms with Crippen molar-refractivity contribution in [3.05, 3.63) is 64.0 Å². The van der Waals surface area contributed by atoms with E-state index in [2.05, 4.69) is 10.3 Å². The van der Waals surface area contributed by atoms with E-state index < -0.39 is 22.5 Å². The second kappa shape index (κ2) is 5.78. The fourth-order valence-electron chi connectivity index (χ4n) is 1.60. The lowest BCUT2D eigenvalue weighted by molar-refractivity contribution is -0.383. The maximum atomic E-state index is 11.9. The minimum absolute atomic E-state index is 0.0918. The van der Waals surface area contributed by atoms with Crippen LogP contribution in [-0.2, 0) is 0 Å². The molecule has 0 aliphatic carbocycles. The van der Waals surface area contributed by atoms with Crippen LogP contribution in [0.15, 0.2) is 42.6 Å². The van der Waals surface area contributed by atoms with Gasteiger partial charge in [0, 0.05) is 12.3 Å². The molecule has 0 aliphatic rings. The number of carbonyl (C=O) groups is 2. The highest BCUT2D eigenvalue weighted by Gasteiger charge is 2.19. The number of pyridine rings is 1. The number of aromatic nitrogens is 1. The summed E-state index contributed by atoms with van der Waals surface area (Å²) in [7, 11) is 0. The highest BCUT2D eigenvalue weighted by molar-refractivity contribution is 6.04. The molecule has 0 fully saturated rings. The van der Waals surface area contributed by atoms with Crippen molar-refractivity contribution in [1.82, 2.24) is 4.98 Å². The normalized spacial score (nSPS) is 9.90. The first-order chi connectivity index (χ1) is 9.99. The monoisotopic (exact) mass is 287 g/mol. The van der Waals surface area contributed by atoms with Crippen LogP contribution in [-0.4, -0.2) is 26.9 Å². The van der Waals surface area contributed by atoms with Crippen LogP contribution in [0.1, 0.15) is 20.8 Å². The Kier molecular flexibility index (Phi) is 3.89. The lowest BCUT2D eigenvalue weighted by atomic mass is 10.1. The first-order valence-electron chi connectivity index (χ1n) is 5.73. The van der Waals surface area contributed by atoms with Gasteiger partial charge in [0.05, 0.1) is 10.5 Å². The molecule has 1 aromatic carbocycles. The van der Waals surface area contributed by atoms with Gasteiger partial charge in [-0.15, -0.1) is 0 Å². The Balaban J connectivity index is 2.34. The van der Waals surface area contributed by atoms with E-state index in [1.54, 1.807) is 12.1 Å². The molecular formula is C13H9N3O5. The molecule has 0 radical (unpaired) electrons. The van der Waals surface area contributed by atoms with Gasteiger partial charge in [-0.05, 0) is 24.3 Å². The molecule has 1 heterocycles. The van der Waals surface area contributed by atoms with Crippen LogP contribution in [0.25, 0.3) is 0 Å². The molecule has 2 aromatic rings. The number of hydrogen-bond donors (Lipinski definition) is 2. The standard InChI is InChI=1S/C13H9N3O5/c17-12(10-3-1-2-6-14-10)15-9-5-4-8(13(18)19)7-11(9)16(20)21/h1-7H,(H,15,17)(H,18,19). The Morgan fingerprint density at radius 2 is 2.00 bits per heavy atom. The maximum Gasteiger partial charge on any atom is 0.335 e. The van der Waals surface area contributed by atoms with Crippen LogP contribution in [0, 0.1) is 10.1 Å². The van der Waals surface area contributed by atoms with Gasteiger partial charge in [0.15, 0.2) is 0 Å². The quantitative estimate of drug-likeness (QED) is 0.654. The highest BCUT2D eigenvalue weighted by Crippen LogP contribution is 2.26.